The molecule has 0 spiro atoms. The highest BCUT2D eigenvalue weighted by atomic mass is 127. The fourth-order valence-electron chi connectivity index (χ4n) is 2.35. The van der Waals surface area contributed by atoms with Gasteiger partial charge in [-0.2, -0.15) is 0 Å². The van der Waals surface area contributed by atoms with E-state index in [0.717, 1.165) is 9.13 Å². The molecule has 8 heteroatoms. The zero-order chi connectivity index (χ0) is 19.6. The molecular weight excluding hydrogens is 576 g/mol. The molecule has 0 aromatic heterocycles. The van der Waals surface area contributed by atoms with Crippen molar-refractivity contribution in [3.63, 3.8) is 0 Å². The quantitative estimate of drug-likeness (QED) is 0.232. The van der Waals surface area contributed by atoms with Gasteiger partial charge in [0.1, 0.15) is 0 Å². The first-order chi connectivity index (χ1) is 12.9. The van der Waals surface area contributed by atoms with Gasteiger partial charge >= 0.3 is 11.9 Å². The van der Waals surface area contributed by atoms with Gasteiger partial charge in [-0.1, -0.05) is 0 Å². The van der Waals surface area contributed by atoms with Crippen LogP contribution in [0.4, 0.5) is 0 Å². The second-order valence-corrected chi connectivity index (χ2v) is 7.88. The third-order valence-electron chi connectivity index (χ3n) is 3.51. The number of aliphatic imine (C=N–C) groups is 1. The number of nitrogens with zero attached hydrogens (tertiary/aromatic N) is 1. The number of carbonyl (C=O) groups is 2. The molecule has 0 fully saturated rings. The molecule has 0 aliphatic carbocycles. The van der Waals surface area contributed by atoms with Crippen molar-refractivity contribution < 1.29 is 23.8 Å². The normalized spacial score (nSPS) is 14.7. The fraction of sp³-hybridized carbons (Fsp3) is 0.105. The average Bonchev–Trinajstić information content (AvgIpc) is 2.98. The summed E-state index contributed by atoms with van der Waals surface area (Å²) in [6.07, 6.45) is 1.60. The molecular formula is C19H13I2NO5. The monoisotopic (exact) mass is 589 g/mol. The molecule has 2 aromatic rings. The molecule has 0 saturated heterocycles. The van der Waals surface area contributed by atoms with E-state index in [1.54, 1.807) is 18.2 Å². The van der Waals surface area contributed by atoms with Crippen LogP contribution in [0.2, 0.25) is 0 Å². The molecule has 0 atom stereocenters. The van der Waals surface area contributed by atoms with Crippen LogP contribution in [-0.4, -0.2) is 24.9 Å². The number of carbonyl (C=O) groups excluding carboxylic acids is 2. The van der Waals surface area contributed by atoms with Crippen molar-refractivity contribution >= 4 is 69.1 Å². The van der Waals surface area contributed by atoms with Crippen molar-refractivity contribution in [1.29, 1.82) is 0 Å². The van der Waals surface area contributed by atoms with Gasteiger partial charge in [-0.05, 0) is 93.2 Å². The number of ether oxygens (including phenoxy) is 3. The summed E-state index contributed by atoms with van der Waals surface area (Å²) in [6, 6.07) is 10.9. The van der Waals surface area contributed by atoms with Gasteiger partial charge in [-0.15, -0.1) is 0 Å². The third-order valence-corrected chi connectivity index (χ3v) is 5.03. The van der Waals surface area contributed by atoms with E-state index < -0.39 is 11.9 Å². The number of hydrogen-bond donors (Lipinski definition) is 0. The number of rotatable bonds is 4. The van der Waals surface area contributed by atoms with E-state index in [4.69, 9.17) is 14.2 Å². The lowest BCUT2D eigenvalue weighted by Crippen LogP contribution is -2.05. The summed E-state index contributed by atoms with van der Waals surface area (Å²) >= 11 is 4.24. The highest BCUT2D eigenvalue weighted by Crippen LogP contribution is 2.35. The molecule has 2 aromatic carbocycles. The van der Waals surface area contributed by atoms with Crippen molar-refractivity contribution in [2.75, 3.05) is 7.11 Å². The molecule has 1 aliphatic heterocycles. The van der Waals surface area contributed by atoms with E-state index in [-0.39, 0.29) is 11.6 Å². The second kappa shape index (κ2) is 8.38. The van der Waals surface area contributed by atoms with Crippen molar-refractivity contribution in [3.8, 4) is 11.5 Å². The molecule has 138 valence electrons. The van der Waals surface area contributed by atoms with Crippen LogP contribution in [0.5, 0.6) is 11.5 Å². The summed E-state index contributed by atoms with van der Waals surface area (Å²) in [5.74, 6) is 0.0212. The minimum Gasteiger partial charge on any atom is -0.493 e. The van der Waals surface area contributed by atoms with Crippen LogP contribution in [0.15, 0.2) is 47.1 Å². The van der Waals surface area contributed by atoms with E-state index in [9.17, 15) is 9.59 Å². The minimum atomic E-state index is -0.526. The van der Waals surface area contributed by atoms with Crippen LogP contribution in [0.25, 0.3) is 6.08 Å². The number of esters is 2. The van der Waals surface area contributed by atoms with Crippen molar-refractivity contribution in [1.82, 2.24) is 0 Å². The lowest BCUT2D eigenvalue weighted by Gasteiger charge is -2.11. The van der Waals surface area contributed by atoms with E-state index in [2.05, 4.69) is 27.6 Å². The van der Waals surface area contributed by atoms with E-state index in [1.807, 2.05) is 46.9 Å². The number of methoxy groups -OCH3 is 1. The first-order valence-corrected chi connectivity index (χ1v) is 9.87. The lowest BCUT2D eigenvalue weighted by molar-refractivity contribution is -0.132. The molecule has 6 nitrogen and oxygen atoms in total. The second-order valence-electron chi connectivity index (χ2n) is 5.47. The maximum Gasteiger partial charge on any atom is 0.363 e. The van der Waals surface area contributed by atoms with E-state index >= 15 is 0 Å². The van der Waals surface area contributed by atoms with Gasteiger partial charge in [-0.25, -0.2) is 9.79 Å². The van der Waals surface area contributed by atoms with Crippen LogP contribution in [0.1, 0.15) is 18.1 Å². The van der Waals surface area contributed by atoms with Crippen molar-refractivity contribution in [2.45, 2.75) is 6.92 Å². The summed E-state index contributed by atoms with van der Waals surface area (Å²) in [5, 5.41) is 0. The Hall–Kier alpha value is -1.95. The largest absolute Gasteiger partial charge is 0.493 e. The minimum absolute atomic E-state index is 0.182. The molecule has 1 aliphatic rings. The predicted molar refractivity (Wildman–Crippen MR) is 117 cm³/mol. The van der Waals surface area contributed by atoms with Crippen LogP contribution in [0, 0.1) is 7.14 Å². The molecule has 27 heavy (non-hydrogen) atoms. The maximum atomic E-state index is 12.2. The lowest BCUT2D eigenvalue weighted by atomic mass is 10.1. The first kappa shape index (κ1) is 19.8. The SMILES string of the molecule is COc1cc(/C=C2\N=C(c3ccc(I)cc3)OC2=O)cc(I)c1OC(C)=O. The van der Waals surface area contributed by atoms with Crippen molar-refractivity contribution in [3.05, 3.63) is 60.4 Å². The van der Waals surface area contributed by atoms with Crippen LogP contribution >= 0.6 is 45.2 Å². The predicted octanol–water partition coefficient (Wildman–Crippen LogP) is 4.17. The smallest absolute Gasteiger partial charge is 0.363 e. The summed E-state index contributed by atoms with van der Waals surface area (Å²) in [6.45, 7) is 1.32. The highest BCUT2D eigenvalue weighted by Gasteiger charge is 2.24. The van der Waals surface area contributed by atoms with Gasteiger partial charge in [0.05, 0.1) is 10.7 Å². The van der Waals surface area contributed by atoms with Crippen LogP contribution in [-0.2, 0) is 14.3 Å². The topological polar surface area (TPSA) is 74.2 Å². The van der Waals surface area contributed by atoms with Gasteiger partial charge in [0.2, 0.25) is 5.90 Å². The number of cyclic esters (lactones) is 1. The van der Waals surface area contributed by atoms with Gasteiger partial charge in [-0.3, -0.25) is 4.79 Å². The zero-order valence-corrected chi connectivity index (χ0v) is 18.6. The Bertz CT molecular complexity index is 980. The third kappa shape index (κ3) is 4.67. The number of halogens is 2. The summed E-state index contributed by atoms with van der Waals surface area (Å²) in [5.41, 5.74) is 1.58. The maximum absolute atomic E-state index is 12.2. The molecule has 3 rings (SSSR count). The first-order valence-electron chi connectivity index (χ1n) is 7.72. The Morgan fingerprint density at radius 1 is 1.19 bits per heavy atom. The molecule has 0 bridgehead atoms. The average molecular weight is 589 g/mol. The van der Waals surface area contributed by atoms with Crippen molar-refractivity contribution in [2.24, 2.45) is 4.99 Å². The zero-order valence-electron chi connectivity index (χ0n) is 14.3. The molecule has 0 amide bonds. The van der Waals surface area contributed by atoms with Gasteiger partial charge < -0.3 is 14.2 Å². The Morgan fingerprint density at radius 3 is 2.52 bits per heavy atom. The molecule has 0 N–H and O–H groups in total. The van der Waals surface area contributed by atoms with Gasteiger partial charge in [0.25, 0.3) is 0 Å². The number of hydrogen-bond acceptors (Lipinski definition) is 6. The Labute approximate surface area is 182 Å². The summed E-state index contributed by atoms with van der Waals surface area (Å²) in [4.78, 5) is 27.7. The fourth-order valence-corrected chi connectivity index (χ4v) is 3.44. The molecule has 0 unspecified atom stereocenters. The molecule has 1 heterocycles. The summed E-state index contributed by atoms with van der Waals surface area (Å²) in [7, 11) is 1.48. The Morgan fingerprint density at radius 2 is 1.89 bits per heavy atom. The highest BCUT2D eigenvalue weighted by molar-refractivity contribution is 14.1. The van der Waals surface area contributed by atoms with E-state index in [0.29, 0.717) is 20.6 Å². The summed E-state index contributed by atoms with van der Waals surface area (Å²) < 4.78 is 17.5. The van der Waals surface area contributed by atoms with E-state index in [1.165, 1.54) is 14.0 Å². The number of benzene rings is 2. The molecule has 0 radical (unpaired) electrons. The van der Waals surface area contributed by atoms with Crippen LogP contribution < -0.4 is 9.47 Å². The Balaban J connectivity index is 1.96. The van der Waals surface area contributed by atoms with Crippen LogP contribution in [0.3, 0.4) is 0 Å². The molecule has 0 saturated carbocycles. The standard InChI is InChI=1S/C19H13I2NO5/c1-10(23)26-17-14(21)7-11(9-16(17)25-2)8-15-19(24)27-18(22-15)12-3-5-13(20)6-4-12/h3-9H,1-2H3/b15-8-. The van der Waals surface area contributed by atoms with Gasteiger partial charge in [0.15, 0.2) is 17.2 Å². The van der Waals surface area contributed by atoms with Gasteiger partial charge in [0, 0.05) is 16.1 Å². The Kier molecular flexibility index (Phi) is 6.15.